The maximum Gasteiger partial charge on any atom is 0.305 e. The minimum atomic E-state index is -0.160. The van der Waals surface area contributed by atoms with Gasteiger partial charge in [0.2, 0.25) is 0 Å². The van der Waals surface area contributed by atoms with E-state index >= 15 is 0 Å². The standard InChI is InChI=1S/C14H20ClN3O2S/c1-20-13(19)5-3-2-4-10-16-14(21)18-17-12-8-6-11(15)7-9-12/h6-9,17H,2-5,10H2,1H3,(H2,16,18,21). The summed E-state index contributed by atoms with van der Waals surface area (Å²) in [6.45, 7) is 0.759. The number of carbonyl (C=O) groups excluding carboxylic acids is 1. The van der Waals surface area contributed by atoms with Crippen LogP contribution in [0.5, 0.6) is 0 Å². The van der Waals surface area contributed by atoms with Gasteiger partial charge in [0.25, 0.3) is 0 Å². The van der Waals surface area contributed by atoms with Crippen LogP contribution in [-0.4, -0.2) is 24.7 Å². The van der Waals surface area contributed by atoms with Gasteiger partial charge in [-0.1, -0.05) is 18.0 Å². The van der Waals surface area contributed by atoms with Crippen molar-refractivity contribution in [1.82, 2.24) is 10.7 Å². The first-order chi connectivity index (χ1) is 10.1. The Hall–Kier alpha value is -1.53. The fraction of sp³-hybridized carbons (Fsp3) is 0.429. The summed E-state index contributed by atoms with van der Waals surface area (Å²) in [7, 11) is 1.40. The van der Waals surface area contributed by atoms with E-state index in [1.54, 1.807) is 12.1 Å². The molecule has 1 rings (SSSR count). The third-order valence-corrected chi connectivity index (χ3v) is 3.23. The molecule has 0 saturated carbocycles. The van der Waals surface area contributed by atoms with Crippen molar-refractivity contribution in [2.75, 3.05) is 19.1 Å². The molecule has 1 aromatic carbocycles. The SMILES string of the molecule is COC(=O)CCCCCNC(=S)NNc1ccc(Cl)cc1. The highest BCUT2D eigenvalue weighted by Crippen LogP contribution is 2.12. The van der Waals surface area contributed by atoms with Crippen molar-refractivity contribution >= 4 is 40.6 Å². The predicted octanol–water partition coefficient (Wildman–Crippen LogP) is 2.86. The molecule has 0 fully saturated rings. The Balaban J connectivity index is 2.04. The van der Waals surface area contributed by atoms with Gasteiger partial charge < -0.3 is 10.1 Å². The van der Waals surface area contributed by atoms with Crippen LogP contribution in [0.25, 0.3) is 0 Å². The van der Waals surface area contributed by atoms with Crippen molar-refractivity contribution in [3.05, 3.63) is 29.3 Å². The summed E-state index contributed by atoms with van der Waals surface area (Å²) in [5.74, 6) is -0.160. The number of thiocarbonyl (C=S) groups is 1. The Bertz CT molecular complexity index is 454. The molecule has 0 aliphatic heterocycles. The molecule has 0 bridgehead atoms. The van der Waals surface area contributed by atoms with Gasteiger partial charge in [-0.25, -0.2) is 0 Å². The molecule has 0 aliphatic rings. The minimum Gasteiger partial charge on any atom is -0.469 e. The second-order valence-electron chi connectivity index (χ2n) is 4.40. The number of nitrogens with one attached hydrogen (secondary N) is 3. The van der Waals surface area contributed by atoms with E-state index in [1.165, 1.54) is 7.11 Å². The van der Waals surface area contributed by atoms with E-state index in [-0.39, 0.29) is 5.97 Å². The Labute approximate surface area is 135 Å². The summed E-state index contributed by atoms with van der Waals surface area (Å²) in [4.78, 5) is 10.9. The van der Waals surface area contributed by atoms with E-state index < -0.39 is 0 Å². The van der Waals surface area contributed by atoms with Gasteiger partial charge in [-0.2, -0.15) is 0 Å². The van der Waals surface area contributed by atoms with Gasteiger partial charge >= 0.3 is 5.97 Å². The second-order valence-corrected chi connectivity index (χ2v) is 5.24. The summed E-state index contributed by atoms with van der Waals surface area (Å²) in [6.07, 6.45) is 3.20. The molecule has 0 aromatic heterocycles. The smallest absolute Gasteiger partial charge is 0.305 e. The third kappa shape index (κ3) is 8.37. The molecule has 116 valence electrons. The number of anilines is 1. The number of benzene rings is 1. The lowest BCUT2D eigenvalue weighted by Crippen LogP contribution is -2.39. The summed E-state index contributed by atoms with van der Waals surface area (Å²) in [5.41, 5.74) is 6.74. The van der Waals surface area contributed by atoms with Crippen molar-refractivity contribution in [2.24, 2.45) is 0 Å². The van der Waals surface area contributed by atoms with Gasteiger partial charge in [0, 0.05) is 18.0 Å². The molecule has 3 N–H and O–H groups in total. The van der Waals surface area contributed by atoms with Crippen molar-refractivity contribution < 1.29 is 9.53 Å². The third-order valence-electron chi connectivity index (χ3n) is 2.74. The van der Waals surface area contributed by atoms with E-state index in [1.807, 2.05) is 12.1 Å². The zero-order valence-corrected chi connectivity index (χ0v) is 13.5. The van der Waals surface area contributed by atoms with E-state index in [9.17, 15) is 4.79 Å². The lowest BCUT2D eigenvalue weighted by atomic mass is 10.2. The fourth-order valence-corrected chi connectivity index (χ4v) is 1.86. The molecule has 0 spiro atoms. The first-order valence-corrected chi connectivity index (χ1v) is 7.52. The summed E-state index contributed by atoms with van der Waals surface area (Å²) in [5, 5.41) is 4.30. The molecular formula is C14H20ClN3O2S. The maximum atomic E-state index is 10.9. The quantitative estimate of drug-likeness (QED) is 0.295. The zero-order valence-electron chi connectivity index (χ0n) is 11.9. The first-order valence-electron chi connectivity index (χ1n) is 6.74. The second kappa shape index (κ2) is 10.2. The first kappa shape index (κ1) is 17.5. The average molecular weight is 330 g/mol. The molecule has 21 heavy (non-hydrogen) atoms. The van der Waals surface area contributed by atoms with Crippen molar-refractivity contribution in [2.45, 2.75) is 25.7 Å². The van der Waals surface area contributed by atoms with Crippen LogP contribution in [0.15, 0.2) is 24.3 Å². The van der Waals surface area contributed by atoms with E-state index in [0.717, 1.165) is 31.5 Å². The Morgan fingerprint density at radius 3 is 2.62 bits per heavy atom. The van der Waals surface area contributed by atoms with Crippen LogP contribution >= 0.6 is 23.8 Å². The van der Waals surface area contributed by atoms with Crippen molar-refractivity contribution in [3.63, 3.8) is 0 Å². The molecule has 1 aromatic rings. The lowest BCUT2D eigenvalue weighted by molar-refractivity contribution is -0.140. The van der Waals surface area contributed by atoms with Gasteiger partial charge in [-0.3, -0.25) is 15.6 Å². The summed E-state index contributed by atoms with van der Waals surface area (Å²) < 4.78 is 4.57. The van der Waals surface area contributed by atoms with Gasteiger partial charge in [0.15, 0.2) is 5.11 Å². The summed E-state index contributed by atoms with van der Waals surface area (Å²) in [6, 6.07) is 7.29. The molecule has 0 aliphatic carbocycles. The number of halogens is 1. The van der Waals surface area contributed by atoms with Gasteiger partial charge in [-0.15, -0.1) is 0 Å². The molecule has 0 atom stereocenters. The highest BCUT2D eigenvalue weighted by molar-refractivity contribution is 7.80. The summed E-state index contributed by atoms with van der Waals surface area (Å²) >= 11 is 10.9. The van der Waals surface area contributed by atoms with Crippen LogP contribution in [0.4, 0.5) is 5.69 Å². The highest BCUT2D eigenvalue weighted by Gasteiger charge is 1.99. The van der Waals surface area contributed by atoms with E-state index in [2.05, 4.69) is 20.9 Å². The minimum absolute atomic E-state index is 0.160. The van der Waals surface area contributed by atoms with Crippen LogP contribution in [0, 0.1) is 0 Å². The van der Waals surface area contributed by atoms with Gasteiger partial charge in [-0.05, 0) is 49.3 Å². The zero-order chi connectivity index (χ0) is 15.5. The number of hydrogen-bond acceptors (Lipinski definition) is 4. The van der Waals surface area contributed by atoms with Crippen molar-refractivity contribution in [1.29, 1.82) is 0 Å². The topological polar surface area (TPSA) is 62.4 Å². The normalized spacial score (nSPS) is 9.81. The molecule has 0 radical (unpaired) electrons. The molecule has 0 amide bonds. The van der Waals surface area contributed by atoms with Crippen LogP contribution in [0.1, 0.15) is 25.7 Å². The van der Waals surface area contributed by atoms with Crippen LogP contribution < -0.4 is 16.2 Å². The molecular weight excluding hydrogens is 310 g/mol. The lowest BCUT2D eigenvalue weighted by Gasteiger charge is -2.12. The molecule has 7 heteroatoms. The van der Waals surface area contributed by atoms with Crippen LogP contribution in [-0.2, 0) is 9.53 Å². The number of hydrogen-bond donors (Lipinski definition) is 3. The molecule has 0 unspecified atom stereocenters. The van der Waals surface area contributed by atoms with Gasteiger partial charge in [0.05, 0.1) is 12.8 Å². The number of esters is 1. The number of carbonyl (C=O) groups is 1. The predicted molar refractivity (Wildman–Crippen MR) is 89.3 cm³/mol. The largest absolute Gasteiger partial charge is 0.469 e. The number of ether oxygens (including phenoxy) is 1. The Morgan fingerprint density at radius 1 is 1.24 bits per heavy atom. The van der Waals surface area contributed by atoms with E-state index in [4.69, 9.17) is 23.8 Å². The van der Waals surface area contributed by atoms with Gasteiger partial charge in [0.1, 0.15) is 0 Å². The molecule has 0 heterocycles. The number of hydrazine groups is 1. The fourth-order valence-electron chi connectivity index (χ4n) is 1.58. The number of methoxy groups -OCH3 is 1. The highest BCUT2D eigenvalue weighted by atomic mass is 35.5. The molecule has 0 saturated heterocycles. The van der Waals surface area contributed by atoms with Crippen molar-refractivity contribution in [3.8, 4) is 0 Å². The molecule has 5 nitrogen and oxygen atoms in total. The Kier molecular flexibility index (Phi) is 8.54. The van der Waals surface area contributed by atoms with E-state index in [0.29, 0.717) is 16.6 Å². The monoisotopic (exact) mass is 329 g/mol. The number of unbranched alkanes of at least 4 members (excludes halogenated alkanes) is 2. The Morgan fingerprint density at radius 2 is 1.95 bits per heavy atom. The number of rotatable bonds is 8. The van der Waals surface area contributed by atoms with Crippen LogP contribution in [0.3, 0.4) is 0 Å². The van der Waals surface area contributed by atoms with Crippen LogP contribution in [0.2, 0.25) is 5.02 Å². The average Bonchev–Trinajstić information content (AvgIpc) is 2.49. The maximum absolute atomic E-state index is 10.9.